The van der Waals surface area contributed by atoms with Crippen LogP contribution in [0.3, 0.4) is 0 Å². The number of nitrogens with one attached hydrogen (secondary N) is 1. The van der Waals surface area contributed by atoms with Gasteiger partial charge in [0.05, 0.1) is 11.7 Å². The van der Waals surface area contributed by atoms with Gasteiger partial charge in [-0.05, 0) is 44.2 Å². The molecule has 1 aliphatic carbocycles. The topological polar surface area (TPSA) is 55.4 Å². The highest BCUT2D eigenvalue weighted by molar-refractivity contribution is 6.04. The maximum atomic E-state index is 13.4. The number of benzene rings is 2. The first-order chi connectivity index (χ1) is 14.5. The molecule has 2 aromatic rings. The van der Waals surface area contributed by atoms with Gasteiger partial charge in [-0.15, -0.1) is 0 Å². The Kier molecular flexibility index (Phi) is 5.58. The van der Waals surface area contributed by atoms with Crippen LogP contribution in [0.2, 0.25) is 0 Å². The van der Waals surface area contributed by atoms with Crippen LogP contribution in [0.15, 0.2) is 83.2 Å². The predicted octanol–water partition coefficient (Wildman–Crippen LogP) is 5.00. The molecule has 0 aromatic heterocycles. The van der Waals surface area contributed by atoms with Crippen molar-refractivity contribution in [2.75, 3.05) is 0 Å². The highest BCUT2D eigenvalue weighted by atomic mass is 16.5. The van der Waals surface area contributed by atoms with Crippen molar-refractivity contribution in [3.05, 3.63) is 94.3 Å². The fourth-order valence-corrected chi connectivity index (χ4v) is 4.53. The number of hydrogen-bond donors (Lipinski definition) is 1. The van der Waals surface area contributed by atoms with E-state index in [2.05, 4.69) is 17.4 Å². The summed E-state index contributed by atoms with van der Waals surface area (Å²) in [6, 6.07) is 20.0. The highest BCUT2D eigenvalue weighted by Gasteiger charge is 2.41. The number of rotatable bonds is 4. The van der Waals surface area contributed by atoms with E-state index in [1.54, 1.807) is 0 Å². The smallest absolute Gasteiger partial charge is 0.337 e. The molecule has 4 heteroatoms. The molecule has 2 aliphatic rings. The van der Waals surface area contributed by atoms with Crippen molar-refractivity contribution in [3.8, 4) is 0 Å². The second-order valence-electron chi connectivity index (χ2n) is 8.29. The van der Waals surface area contributed by atoms with E-state index in [1.165, 1.54) is 5.56 Å². The molecule has 2 atom stereocenters. The van der Waals surface area contributed by atoms with Gasteiger partial charge in [0.15, 0.2) is 5.78 Å². The van der Waals surface area contributed by atoms with E-state index in [4.69, 9.17) is 4.74 Å². The van der Waals surface area contributed by atoms with Crippen molar-refractivity contribution >= 4 is 11.8 Å². The van der Waals surface area contributed by atoms with E-state index in [0.29, 0.717) is 17.6 Å². The van der Waals surface area contributed by atoms with Gasteiger partial charge < -0.3 is 10.1 Å². The van der Waals surface area contributed by atoms with E-state index < -0.39 is 5.92 Å². The molecule has 2 aromatic carbocycles. The molecule has 0 unspecified atom stereocenters. The van der Waals surface area contributed by atoms with Gasteiger partial charge in [-0.3, -0.25) is 4.79 Å². The molecule has 0 radical (unpaired) electrons. The van der Waals surface area contributed by atoms with Crippen LogP contribution in [0, 0.1) is 0 Å². The molecule has 0 spiro atoms. The first-order valence-corrected chi connectivity index (χ1v) is 10.5. The zero-order valence-corrected chi connectivity index (χ0v) is 17.6. The Morgan fingerprint density at radius 3 is 2.17 bits per heavy atom. The molecule has 0 amide bonds. The van der Waals surface area contributed by atoms with Crippen LogP contribution in [0.4, 0.5) is 0 Å². The number of dihydropyridines is 1. The zero-order valence-electron chi connectivity index (χ0n) is 17.6. The summed E-state index contributed by atoms with van der Waals surface area (Å²) < 4.78 is 5.55. The van der Waals surface area contributed by atoms with Crippen LogP contribution in [0.5, 0.6) is 0 Å². The number of ketones is 1. The summed E-state index contributed by atoms with van der Waals surface area (Å²) in [5, 5.41) is 3.39. The molecule has 4 nitrogen and oxygen atoms in total. The predicted molar refractivity (Wildman–Crippen MR) is 117 cm³/mol. The third kappa shape index (κ3) is 3.82. The molecule has 1 aliphatic heterocycles. The van der Waals surface area contributed by atoms with Crippen LogP contribution < -0.4 is 5.32 Å². The zero-order chi connectivity index (χ0) is 21.3. The van der Waals surface area contributed by atoms with E-state index in [1.807, 2.05) is 69.3 Å². The van der Waals surface area contributed by atoms with Crippen molar-refractivity contribution in [2.45, 2.75) is 51.6 Å². The van der Waals surface area contributed by atoms with Gasteiger partial charge in [-0.1, -0.05) is 60.7 Å². The van der Waals surface area contributed by atoms with Gasteiger partial charge in [0.2, 0.25) is 0 Å². The maximum Gasteiger partial charge on any atom is 0.337 e. The molecule has 4 rings (SSSR count). The molecular weight excluding hydrogens is 374 g/mol. The van der Waals surface area contributed by atoms with Gasteiger partial charge in [0, 0.05) is 29.3 Å². The van der Waals surface area contributed by atoms with Crippen molar-refractivity contribution < 1.29 is 14.3 Å². The fourth-order valence-electron chi connectivity index (χ4n) is 4.53. The average Bonchev–Trinajstić information content (AvgIpc) is 2.73. The number of ether oxygens (including phenoxy) is 1. The van der Waals surface area contributed by atoms with Gasteiger partial charge in [-0.25, -0.2) is 4.79 Å². The van der Waals surface area contributed by atoms with Crippen LogP contribution in [0.25, 0.3) is 0 Å². The minimum atomic E-state index is -0.405. The molecule has 0 saturated carbocycles. The van der Waals surface area contributed by atoms with Gasteiger partial charge >= 0.3 is 5.97 Å². The van der Waals surface area contributed by atoms with Crippen LogP contribution in [0.1, 0.15) is 56.6 Å². The van der Waals surface area contributed by atoms with Crippen molar-refractivity contribution in [1.29, 1.82) is 0 Å². The summed E-state index contributed by atoms with van der Waals surface area (Å²) in [7, 11) is 0. The third-order valence-electron chi connectivity index (χ3n) is 5.79. The van der Waals surface area contributed by atoms with E-state index in [0.717, 1.165) is 23.4 Å². The Morgan fingerprint density at radius 2 is 1.57 bits per heavy atom. The Morgan fingerprint density at radius 1 is 0.967 bits per heavy atom. The lowest BCUT2D eigenvalue weighted by molar-refractivity contribution is -0.143. The van der Waals surface area contributed by atoms with Gasteiger partial charge in [-0.2, -0.15) is 0 Å². The summed E-state index contributed by atoms with van der Waals surface area (Å²) >= 11 is 0. The second kappa shape index (κ2) is 8.31. The Bertz CT molecular complexity index is 1020. The van der Waals surface area contributed by atoms with Crippen LogP contribution in [-0.4, -0.2) is 17.9 Å². The van der Waals surface area contributed by atoms with Crippen molar-refractivity contribution in [2.24, 2.45) is 0 Å². The van der Waals surface area contributed by atoms with Crippen LogP contribution in [-0.2, 0) is 14.3 Å². The van der Waals surface area contributed by atoms with E-state index in [-0.39, 0.29) is 23.8 Å². The van der Waals surface area contributed by atoms with E-state index in [9.17, 15) is 9.59 Å². The quantitative estimate of drug-likeness (QED) is 0.733. The average molecular weight is 402 g/mol. The summed E-state index contributed by atoms with van der Waals surface area (Å²) in [6.45, 7) is 5.57. The number of carbonyl (C=O) groups is 2. The summed E-state index contributed by atoms with van der Waals surface area (Å²) in [6.07, 6.45) is 0.964. The standard InChI is InChI=1S/C26H27NO3/c1-16(2)30-26(29)23-17(3)27-21-14-20(18-10-6-4-7-11-18)15-22(28)25(21)24(23)19-12-8-5-9-13-19/h4-13,16,20,24,27H,14-15H2,1-3H3/t20-,24-/m0/s1. The number of allylic oxidation sites excluding steroid dienone is 3. The molecular formula is C26H27NO3. The number of hydrogen-bond acceptors (Lipinski definition) is 4. The van der Waals surface area contributed by atoms with E-state index >= 15 is 0 Å². The minimum Gasteiger partial charge on any atom is -0.460 e. The lowest BCUT2D eigenvalue weighted by atomic mass is 9.72. The fraction of sp³-hybridized carbons (Fsp3) is 0.308. The molecule has 0 bridgehead atoms. The van der Waals surface area contributed by atoms with Gasteiger partial charge in [0.1, 0.15) is 0 Å². The number of esters is 1. The molecule has 1 heterocycles. The molecule has 0 fully saturated rings. The first-order valence-electron chi connectivity index (χ1n) is 10.5. The third-order valence-corrected chi connectivity index (χ3v) is 5.79. The Labute approximate surface area is 177 Å². The summed E-state index contributed by atoms with van der Waals surface area (Å²) in [4.78, 5) is 26.4. The summed E-state index contributed by atoms with van der Waals surface area (Å²) in [5.74, 6) is -0.543. The number of Topliss-reactive ketones (excluding diaryl/α,β-unsaturated/α-hetero) is 1. The second-order valence-corrected chi connectivity index (χ2v) is 8.29. The summed E-state index contributed by atoms with van der Waals surface area (Å²) in [5.41, 5.74) is 5.02. The Balaban J connectivity index is 1.78. The first kappa shape index (κ1) is 20.1. The minimum absolute atomic E-state index is 0.0915. The van der Waals surface area contributed by atoms with Crippen molar-refractivity contribution in [1.82, 2.24) is 5.32 Å². The monoisotopic (exact) mass is 401 g/mol. The number of carbonyl (C=O) groups excluding carboxylic acids is 2. The van der Waals surface area contributed by atoms with Gasteiger partial charge in [0.25, 0.3) is 0 Å². The molecule has 30 heavy (non-hydrogen) atoms. The Hall–Kier alpha value is -3.14. The largest absolute Gasteiger partial charge is 0.460 e. The molecule has 1 N–H and O–H groups in total. The molecule has 154 valence electrons. The normalized spacial score (nSPS) is 21.4. The lowest BCUT2D eigenvalue weighted by Gasteiger charge is -2.37. The lowest BCUT2D eigenvalue weighted by Crippen LogP contribution is -2.36. The van der Waals surface area contributed by atoms with Crippen LogP contribution >= 0.6 is 0 Å². The van der Waals surface area contributed by atoms with Crippen molar-refractivity contribution in [3.63, 3.8) is 0 Å². The SMILES string of the molecule is CC1=C(C(=O)OC(C)C)[C@H](c2ccccc2)C2=C(C[C@H](c3ccccc3)CC2=O)N1. The maximum absolute atomic E-state index is 13.4. The molecule has 0 saturated heterocycles. The highest BCUT2D eigenvalue weighted by Crippen LogP contribution is 2.45.